The van der Waals surface area contributed by atoms with E-state index in [2.05, 4.69) is 10.3 Å². The number of rotatable bonds is 4. The number of carbonyl (C=O) groups is 1. The largest absolute Gasteiger partial charge is 0.457 e. The van der Waals surface area contributed by atoms with E-state index in [-0.39, 0.29) is 5.91 Å². The monoisotopic (exact) mass is 360 g/mol. The lowest BCUT2D eigenvalue weighted by atomic mass is 10.1. The van der Waals surface area contributed by atoms with Crippen molar-refractivity contribution in [3.05, 3.63) is 83.4 Å². The van der Waals surface area contributed by atoms with Crippen LogP contribution in [0.25, 0.3) is 10.2 Å². The molecule has 3 aromatic carbocycles. The molecule has 0 aliphatic carbocycles. The van der Waals surface area contributed by atoms with Gasteiger partial charge in [0.25, 0.3) is 5.91 Å². The molecule has 0 aliphatic heterocycles. The molecule has 128 valence electrons. The number of nitrogens with zero attached hydrogens (tertiary/aromatic N) is 1. The zero-order valence-electron chi connectivity index (χ0n) is 14.1. The zero-order chi connectivity index (χ0) is 17.9. The standard InChI is InChI=1S/C21H16N2O2S/c1-14-22-18-12-11-15(13-20(18)26-14)23-21(24)17-9-5-6-10-19(17)25-16-7-3-2-4-8-16/h2-13H,1H3,(H,23,24). The Morgan fingerprint density at radius 3 is 2.62 bits per heavy atom. The summed E-state index contributed by atoms with van der Waals surface area (Å²) in [7, 11) is 0. The van der Waals surface area contributed by atoms with E-state index in [4.69, 9.17) is 4.74 Å². The lowest BCUT2D eigenvalue weighted by molar-refractivity contribution is 0.102. The van der Waals surface area contributed by atoms with Crippen molar-refractivity contribution in [2.24, 2.45) is 0 Å². The molecule has 0 saturated heterocycles. The maximum Gasteiger partial charge on any atom is 0.259 e. The van der Waals surface area contributed by atoms with Gasteiger partial charge in [-0.15, -0.1) is 11.3 Å². The molecule has 0 unspecified atom stereocenters. The van der Waals surface area contributed by atoms with Gasteiger partial charge in [0.05, 0.1) is 20.8 Å². The van der Waals surface area contributed by atoms with Crippen molar-refractivity contribution in [1.82, 2.24) is 4.98 Å². The molecule has 0 atom stereocenters. The molecular weight excluding hydrogens is 344 g/mol. The van der Waals surface area contributed by atoms with Crippen LogP contribution in [0.4, 0.5) is 5.69 Å². The molecule has 5 heteroatoms. The van der Waals surface area contributed by atoms with Gasteiger partial charge in [-0.05, 0) is 49.4 Å². The SMILES string of the molecule is Cc1nc2ccc(NC(=O)c3ccccc3Oc3ccccc3)cc2s1. The summed E-state index contributed by atoms with van der Waals surface area (Å²) in [5.41, 5.74) is 2.16. The van der Waals surface area contributed by atoms with Crippen molar-refractivity contribution >= 4 is 33.1 Å². The molecule has 0 aliphatic rings. The second-order valence-corrected chi connectivity index (χ2v) is 7.02. The number of benzene rings is 3. The molecule has 4 rings (SSSR count). The van der Waals surface area contributed by atoms with Crippen LogP contribution in [0, 0.1) is 6.92 Å². The second-order valence-electron chi connectivity index (χ2n) is 5.78. The van der Waals surface area contributed by atoms with E-state index in [1.807, 2.05) is 67.6 Å². The van der Waals surface area contributed by atoms with E-state index in [0.29, 0.717) is 17.1 Å². The Labute approximate surface area is 155 Å². The van der Waals surface area contributed by atoms with Crippen molar-refractivity contribution in [3.8, 4) is 11.5 Å². The molecule has 26 heavy (non-hydrogen) atoms. The summed E-state index contributed by atoms with van der Waals surface area (Å²) < 4.78 is 6.92. The Hall–Kier alpha value is -3.18. The van der Waals surface area contributed by atoms with E-state index in [9.17, 15) is 4.79 Å². The summed E-state index contributed by atoms with van der Waals surface area (Å²) in [6.45, 7) is 1.97. The minimum atomic E-state index is -0.211. The van der Waals surface area contributed by atoms with Crippen molar-refractivity contribution in [2.45, 2.75) is 6.92 Å². The summed E-state index contributed by atoms with van der Waals surface area (Å²) in [4.78, 5) is 17.2. The summed E-state index contributed by atoms with van der Waals surface area (Å²) in [5.74, 6) is 0.998. The molecule has 1 aromatic heterocycles. The normalized spacial score (nSPS) is 10.7. The number of aryl methyl sites for hydroxylation is 1. The topological polar surface area (TPSA) is 51.2 Å². The van der Waals surface area contributed by atoms with Gasteiger partial charge in [0.2, 0.25) is 0 Å². The number of thiazole rings is 1. The number of carbonyl (C=O) groups excluding carboxylic acids is 1. The smallest absolute Gasteiger partial charge is 0.259 e. The highest BCUT2D eigenvalue weighted by atomic mass is 32.1. The maximum atomic E-state index is 12.8. The van der Waals surface area contributed by atoms with Crippen LogP contribution in [0.2, 0.25) is 0 Å². The number of hydrogen-bond acceptors (Lipinski definition) is 4. The Morgan fingerprint density at radius 1 is 1.00 bits per heavy atom. The van der Waals surface area contributed by atoms with Crippen LogP contribution < -0.4 is 10.1 Å². The van der Waals surface area contributed by atoms with Crippen molar-refractivity contribution in [3.63, 3.8) is 0 Å². The summed E-state index contributed by atoms with van der Waals surface area (Å²) in [6, 6.07) is 22.4. The van der Waals surface area contributed by atoms with Crippen molar-refractivity contribution < 1.29 is 9.53 Å². The van der Waals surface area contributed by atoms with Gasteiger partial charge in [0.15, 0.2) is 0 Å². The number of para-hydroxylation sites is 2. The van der Waals surface area contributed by atoms with E-state index in [1.165, 1.54) is 0 Å². The predicted molar refractivity (Wildman–Crippen MR) is 105 cm³/mol. The van der Waals surface area contributed by atoms with Crippen molar-refractivity contribution in [1.29, 1.82) is 0 Å². The number of anilines is 1. The third-order valence-corrected chi connectivity index (χ3v) is 4.79. The second kappa shape index (κ2) is 6.98. The van der Waals surface area contributed by atoms with Gasteiger partial charge >= 0.3 is 0 Å². The predicted octanol–water partition coefficient (Wildman–Crippen LogP) is 5.65. The molecule has 4 aromatic rings. The lowest BCUT2D eigenvalue weighted by Gasteiger charge is -2.11. The van der Waals surface area contributed by atoms with E-state index < -0.39 is 0 Å². The summed E-state index contributed by atoms with van der Waals surface area (Å²) >= 11 is 1.61. The fourth-order valence-electron chi connectivity index (χ4n) is 2.67. The number of aromatic nitrogens is 1. The molecule has 0 spiro atoms. The molecule has 1 N–H and O–H groups in total. The average molecular weight is 360 g/mol. The van der Waals surface area contributed by atoms with Gasteiger partial charge in [-0.3, -0.25) is 4.79 Å². The molecule has 4 nitrogen and oxygen atoms in total. The third kappa shape index (κ3) is 3.43. The van der Waals surface area contributed by atoms with Crippen LogP contribution >= 0.6 is 11.3 Å². The number of amides is 1. The van der Waals surface area contributed by atoms with Gasteiger partial charge in [-0.25, -0.2) is 4.98 Å². The van der Waals surface area contributed by atoms with E-state index in [1.54, 1.807) is 23.5 Å². The minimum absolute atomic E-state index is 0.211. The lowest BCUT2D eigenvalue weighted by Crippen LogP contribution is -2.12. The fourth-order valence-corrected chi connectivity index (χ4v) is 3.54. The molecule has 0 radical (unpaired) electrons. The highest BCUT2D eigenvalue weighted by Gasteiger charge is 2.13. The molecular formula is C21H16N2O2S. The quantitative estimate of drug-likeness (QED) is 0.512. The number of fused-ring (bicyclic) bond motifs is 1. The molecule has 0 saturated carbocycles. The average Bonchev–Trinajstić information content (AvgIpc) is 3.02. The Balaban J connectivity index is 1.59. The van der Waals surface area contributed by atoms with Gasteiger partial charge in [0.1, 0.15) is 11.5 Å². The summed E-state index contributed by atoms with van der Waals surface area (Å²) in [6.07, 6.45) is 0. The molecule has 1 amide bonds. The van der Waals surface area contributed by atoms with Gasteiger partial charge in [-0.2, -0.15) is 0 Å². The maximum absolute atomic E-state index is 12.8. The van der Waals surface area contributed by atoms with Gasteiger partial charge in [0, 0.05) is 5.69 Å². The van der Waals surface area contributed by atoms with Crippen LogP contribution in [0.15, 0.2) is 72.8 Å². The number of ether oxygens (including phenoxy) is 1. The minimum Gasteiger partial charge on any atom is -0.457 e. The number of nitrogens with one attached hydrogen (secondary N) is 1. The Kier molecular flexibility index (Phi) is 4.37. The van der Waals surface area contributed by atoms with Gasteiger partial charge < -0.3 is 10.1 Å². The van der Waals surface area contributed by atoms with Crippen LogP contribution in [0.5, 0.6) is 11.5 Å². The first-order chi connectivity index (χ1) is 12.7. The first-order valence-corrected chi connectivity index (χ1v) is 9.01. The van der Waals surface area contributed by atoms with Crippen molar-refractivity contribution in [2.75, 3.05) is 5.32 Å². The van der Waals surface area contributed by atoms with E-state index in [0.717, 1.165) is 20.9 Å². The van der Waals surface area contributed by atoms with E-state index >= 15 is 0 Å². The third-order valence-electron chi connectivity index (χ3n) is 3.86. The fraction of sp³-hybridized carbons (Fsp3) is 0.0476. The van der Waals surface area contributed by atoms with Crippen LogP contribution in [0.3, 0.4) is 0 Å². The van der Waals surface area contributed by atoms with Crippen LogP contribution in [-0.2, 0) is 0 Å². The van der Waals surface area contributed by atoms with Crippen LogP contribution in [-0.4, -0.2) is 10.9 Å². The highest BCUT2D eigenvalue weighted by molar-refractivity contribution is 7.18. The summed E-state index contributed by atoms with van der Waals surface area (Å²) in [5, 5.41) is 3.95. The first-order valence-electron chi connectivity index (χ1n) is 8.19. The molecule has 1 heterocycles. The number of hydrogen-bond donors (Lipinski definition) is 1. The molecule has 0 bridgehead atoms. The Bertz CT molecular complexity index is 1070. The van der Waals surface area contributed by atoms with Crippen LogP contribution in [0.1, 0.15) is 15.4 Å². The zero-order valence-corrected chi connectivity index (χ0v) is 14.9. The molecule has 0 fully saturated rings. The highest BCUT2D eigenvalue weighted by Crippen LogP contribution is 2.28. The Morgan fingerprint density at radius 2 is 1.77 bits per heavy atom. The van der Waals surface area contributed by atoms with Gasteiger partial charge in [-0.1, -0.05) is 30.3 Å². The first kappa shape index (κ1) is 16.3.